The highest BCUT2D eigenvalue weighted by atomic mass is 32.1. The minimum Gasteiger partial charge on any atom is -0.357 e. The second-order valence-corrected chi connectivity index (χ2v) is 5.87. The number of aromatic nitrogens is 2. The van der Waals surface area contributed by atoms with Crippen molar-refractivity contribution in [2.45, 2.75) is 19.3 Å². The Kier molecular flexibility index (Phi) is 4.38. The van der Waals surface area contributed by atoms with Crippen LogP contribution in [0.2, 0.25) is 0 Å². The van der Waals surface area contributed by atoms with E-state index in [1.165, 1.54) is 11.3 Å². The van der Waals surface area contributed by atoms with Crippen molar-refractivity contribution in [1.29, 1.82) is 0 Å². The molecule has 8 nitrogen and oxygen atoms in total. The Morgan fingerprint density at radius 3 is 2.96 bits per heavy atom. The average Bonchev–Trinajstić information content (AvgIpc) is 3.25. The molecule has 1 saturated heterocycles. The van der Waals surface area contributed by atoms with E-state index < -0.39 is 5.91 Å². The zero-order valence-electron chi connectivity index (χ0n) is 12.2. The van der Waals surface area contributed by atoms with Crippen molar-refractivity contribution in [2.75, 3.05) is 11.4 Å². The third kappa shape index (κ3) is 3.57. The fourth-order valence-corrected chi connectivity index (χ4v) is 3.09. The maximum Gasteiger partial charge on any atom is 0.286 e. The highest BCUT2D eigenvalue weighted by Gasteiger charge is 2.24. The van der Waals surface area contributed by atoms with Gasteiger partial charge in [0.05, 0.1) is 12.1 Å². The minimum atomic E-state index is -0.426. The molecule has 1 fully saturated rings. The monoisotopic (exact) mass is 333 g/mol. The summed E-state index contributed by atoms with van der Waals surface area (Å²) in [4.78, 5) is 43.8. The van der Waals surface area contributed by atoms with Gasteiger partial charge in [-0.2, -0.15) is 0 Å². The molecule has 3 rings (SSSR count). The highest BCUT2D eigenvalue weighted by molar-refractivity contribution is 7.14. The number of hydrogen-bond acceptors (Lipinski definition) is 5. The first-order valence-electron chi connectivity index (χ1n) is 7.11. The van der Waals surface area contributed by atoms with Crippen LogP contribution in [0.5, 0.6) is 0 Å². The second kappa shape index (κ2) is 6.61. The summed E-state index contributed by atoms with van der Waals surface area (Å²) in [5, 5.41) is 2.36. The van der Waals surface area contributed by atoms with Crippen LogP contribution in [0.1, 0.15) is 29.0 Å². The molecule has 0 aliphatic carbocycles. The van der Waals surface area contributed by atoms with Crippen LogP contribution in [0.4, 0.5) is 5.13 Å². The van der Waals surface area contributed by atoms with Gasteiger partial charge < -0.3 is 4.98 Å². The van der Waals surface area contributed by atoms with Crippen LogP contribution in [-0.2, 0) is 16.0 Å². The van der Waals surface area contributed by atoms with E-state index in [1.807, 2.05) is 0 Å². The maximum absolute atomic E-state index is 11.8. The molecule has 1 aliphatic rings. The first kappa shape index (κ1) is 15.2. The Morgan fingerprint density at radius 2 is 2.26 bits per heavy atom. The third-order valence-electron chi connectivity index (χ3n) is 3.34. The lowest BCUT2D eigenvalue weighted by molar-refractivity contribution is -0.121. The van der Waals surface area contributed by atoms with Gasteiger partial charge in [0.1, 0.15) is 5.69 Å². The van der Waals surface area contributed by atoms with Crippen molar-refractivity contribution in [3.05, 3.63) is 35.1 Å². The first-order valence-corrected chi connectivity index (χ1v) is 7.99. The fourth-order valence-electron chi connectivity index (χ4n) is 2.23. The topological polar surface area (TPSA) is 107 Å². The zero-order chi connectivity index (χ0) is 16.2. The molecule has 0 atom stereocenters. The number of amides is 3. The number of nitrogens with zero attached hydrogens (tertiary/aromatic N) is 2. The predicted molar refractivity (Wildman–Crippen MR) is 83.8 cm³/mol. The molecule has 1 aliphatic heterocycles. The van der Waals surface area contributed by atoms with E-state index in [0.717, 1.165) is 6.42 Å². The molecule has 2 aromatic rings. The van der Waals surface area contributed by atoms with E-state index in [9.17, 15) is 14.4 Å². The van der Waals surface area contributed by atoms with Gasteiger partial charge in [-0.25, -0.2) is 4.98 Å². The quantitative estimate of drug-likeness (QED) is 0.712. The van der Waals surface area contributed by atoms with E-state index >= 15 is 0 Å². The Labute approximate surface area is 135 Å². The van der Waals surface area contributed by atoms with Gasteiger partial charge in [-0.05, 0) is 18.6 Å². The Balaban J connectivity index is 1.51. The van der Waals surface area contributed by atoms with Gasteiger partial charge >= 0.3 is 0 Å². The van der Waals surface area contributed by atoms with Gasteiger partial charge in [0, 0.05) is 24.5 Å². The van der Waals surface area contributed by atoms with Crippen LogP contribution in [0, 0.1) is 0 Å². The summed E-state index contributed by atoms with van der Waals surface area (Å²) in [5.41, 5.74) is 5.57. The molecule has 3 amide bonds. The van der Waals surface area contributed by atoms with Crippen molar-refractivity contribution in [1.82, 2.24) is 20.8 Å². The Bertz CT molecular complexity index is 725. The smallest absolute Gasteiger partial charge is 0.286 e. The van der Waals surface area contributed by atoms with Crippen LogP contribution < -0.4 is 15.8 Å². The molecule has 23 heavy (non-hydrogen) atoms. The summed E-state index contributed by atoms with van der Waals surface area (Å²) >= 11 is 1.34. The van der Waals surface area contributed by atoms with E-state index in [0.29, 0.717) is 29.5 Å². The van der Waals surface area contributed by atoms with Crippen molar-refractivity contribution in [3.8, 4) is 0 Å². The van der Waals surface area contributed by atoms with E-state index in [1.54, 1.807) is 28.6 Å². The molecule has 2 aromatic heterocycles. The summed E-state index contributed by atoms with van der Waals surface area (Å²) < 4.78 is 0. The highest BCUT2D eigenvalue weighted by Crippen LogP contribution is 2.25. The number of hydrogen-bond donors (Lipinski definition) is 3. The normalized spacial score (nSPS) is 14.1. The Morgan fingerprint density at radius 1 is 1.39 bits per heavy atom. The van der Waals surface area contributed by atoms with Gasteiger partial charge in [-0.15, -0.1) is 11.3 Å². The first-order chi connectivity index (χ1) is 11.1. The molecule has 0 unspecified atom stereocenters. The molecule has 0 radical (unpaired) electrons. The molecule has 3 heterocycles. The van der Waals surface area contributed by atoms with Crippen molar-refractivity contribution in [3.63, 3.8) is 0 Å². The lowest BCUT2D eigenvalue weighted by Gasteiger charge is -2.10. The van der Waals surface area contributed by atoms with Crippen LogP contribution in [0.15, 0.2) is 23.7 Å². The number of anilines is 1. The van der Waals surface area contributed by atoms with Crippen molar-refractivity contribution >= 4 is 34.2 Å². The average molecular weight is 333 g/mol. The van der Waals surface area contributed by atoms with Gasteiger partial charge in [-0.3, -0.25) is 30.1 Å². The summed E-state index contributed by atoms with van der Waals surface area (Å²) in [6, 6.07) is 3.29. The molecule has 120 valence electrons. The number of thiazole rings is 1. The molecular formula is C14H15N5O3S. The van der Waals surface area contributed by atoms with Gasteiger partial charge in [-0.1, -0.05) is 0 Å². The van der Waals surface area contributed by atoms with Crippen LogP contribution in [0.25, 0.3) is 0 Å². The number of rotatable bonds is 4. The number of H-pyrrole nitrogens is 1. The summed E-state index contributed by atoms with van der Waals surface area (Å²) in [6.45, 7) is 0.671. The summed E-state index contributed by atoms with van der Waals surface area (Å²) in [5.74, 6) is -0.743. The molecule has 0 bridgehead atoms. The Hall–Kier alpha value is -2.68. The van der Waals surface area contributed by atoms with E-state index in [-0.39, 0.29) is 18.2 Å². The van der Waals surface area contributed by atoms with Crippen LogP contribution in [0.3, 0.4) is 0 Å². The van der Waals surface area contributed by atoms with E-state index in [4.69, 9.17) is 0 Å². The zero-order valence-corrected chi connectivity index (χ0v) is 13.0. The van der Waals surface area contributed by atoms with Crippen molar-refractivity contribution < 1.29 is 14.4 Å². The predicted octanol–water partition coefficient (Wildman–Crippen LogP) is 0.602. The molecule has 0 saturated carbocycles. The van der Waals surface area contributed by atoms with Crippen molar-refractivity contribution in [2.24, 2.45) is 0 Å². The maximum atomic E-state index is 11.8. The molecule has 0 spiro atoms. The summed E-state index contributed by atoms with van der Waals surface area (Å²) in [7, 11) is 0. The third-order valence-corrected chi connectivity index (χ3v) is 4.26. The van der Waals surface area contributed by atoms with Crippen LogP contribution in [-0.4, -0.2) is 34.2 Å². The van der Waals surface area contributed by atoms with Gasteiger partial charge in [0.15, 0.2) is 5.13 Å². The SMILES string of the molecule is O=C(Cc1csc(N2CCCC2=O)n1)NNC(=O)c1ccc[nH]1. The molecular weight excluding hydrogens is 318 g/mol. The molecule has 0 aromatic carbocycles. The largest absolute Gasteiger partial charge is 0.357 e. The standard InChI is InChI=1S/C14H15N5O3S/c20-11(17-18-13(22)10-3-1-5-15-10)7-9-8-23-14(16-9)19-6-2-4-12(19)21/h1,3,5,8,15H,2,4,6-7H2,(H,17,20)(H,18,22). The van der Waals surface area contributed by atoms with Gasteiger partial charge in [0.25, 0.3) is 5.91 Å². The lowest BCUT2D eigenvalue weighted by Crippen LogP contribution is -2.42. The van der Waals surface area contributed by atoms with Crippen LogP contribution >= 0.6 is 11.3 Å². The summed E-state index contributed by atoms with van der Waals surface area (Å²) in [6.07, 6.45) is 3.02. The molecule has 3 N–H and O–H groups in total. The van der Waals surface area contributed by atoms with E-state index in [2.05, 4.69) is 20.8 Å². The molecule has 9 heteroatoms. The van der Waals surface area contributed by atoms with Gasteiger partial charge in [0.2, 0.25) is 11.8 Å². The number of aromatic amines is 1. The number of carbonyl (C=O) groups is 3. The fraction of sp³-hybridized carbons (Fsp3) is 0.286. The number of nitrogens with one attached hydrogen (secondary N) is 3. The minimum absolute atomic E-state index is 0.0313. The number of hydrazine groups is 1. The number of carbonyl (C=O) groups excluding carboxylic acids is 3. The second-order valence-electron chi connectivity index (χ2n) is 5.03. The lowest BCUT2D eigenvalue weighted by atomic mass is 10.3.